The number of nitrogens with zero attached hydrogens (tertiary/aromatic N) is 3. The topological polar surface area (TPSA) is 120 Å². The molecule has 0 aliphatic carbocycles. The van der Waals surface area contributed by atoms with Gasteiger partial charge in [-0.1, -0.05) is 23.5 Å². The van der Waals surface area contributed by atoms with Gasteiger partial charge in [-0.05, 0) is 60.7 Å². The number of para-hydroxylation sites is 2. The Kier molecular flexibility index (Phi) is 6.68. The van der Waals surface area contributed by atoms with E-state index in [0.29, 0.717) is 22.2 Å². The van der Waals surface area contributed by atoms with Crippen LogP contribution in [0.3, 0.4) is 0 Å². The first-order chi connectivity index (χ1) is 17.9. The zero-order valence-electron chi connectivity index (χ0n) is 19.8. The summed E-state index contributed by atoms with van der Waals surface area (Å²) in [6, 6.07) is 20.0. The Hall–Kier alpha value is -4.16. The van der Waals surface area contributed by atoms with Gasteiger partial charge in [0.15, 0.2) is 6.10 Å². The van der Waals surface area contributed by atoms with E-state index in [1.807, 2.05) is 12.1 Å². The van der Waals surface area contributed by atoms with Crippen molar-refractivity contribution in [3.05, 3.63) is 72.8 Å². The molecule has 2 heterocycles. The fraction of sp³-hybridized carbons (Fsp3) is 0.160. The summed E-state index contributed by atoms with van der Waals surface area (Å²) in [6.45, 7) is -0.221. The molecule has 4 aromatic rings. The molecule has 190 valence electrons. The molecular formula is C25H22N4O6S2. The normalized spacial score (nSPS) is 14.9. The molecule has 0 radical (unpaired) electrons. The number of benzene rings is 3. The maximum atomic E-state index is 13.6. The molecule has 1 amide bonds. The van der Waals surface area contributed by atoms with Crippen LogP contribution in [0.15, 0.2) is 77.7 Å². The fourth-order valence-electron chi connectivity index (χ4n) is 3.75. The van der Waals surface area contributed by atoms with E-state index in [4.69, 9.17) is 14.2 Å². The molecule has 0 unspecified atom stereocenters. The Morgan fingerprint density at radius 2 is 1.62 bits per heavy atom. The first-order valence-electron chi connectivity index (χ1n) is 11.1. The van der Waals surface area contributed by atoms with Crippen LogP contribution < -0.4 is 23.8 Å². The Balaban J connectivity index is 1.37. The van der Waals surface area contributed by atoms with Crippen molar-refractivity contribution in [2.75, 3.05) is 30.4 Å². The van der Waals surface area contributed by atoms with E-state index >= 15 is 0 Å². The van der Waals surface area contributed by atoms with Crippen LogP contribution in [-0.4, -0.2) is 51.4 Å². The maximum absolute atomic E-state index is 13.6. The molecule has 0 saturated heterocycles. The minimum Gasteiger partial charge on any atom is -0.497 e. The zero-order valence-corrected chi connectivity index (χ0v) is 21.5. The van der Waals surface area contributed by atoms with Crippen molar-refractivity contribution in [3.63, 3.8) is 0 Å². The summed E-state index contributed by atoms with van der Waals surface area (Å²) in [4.78, 5) is 13.2. The lowest BCUT2D eigenvalue weighted by molar-refractivity contribution is -0.122. The van der Waals surface area contributed by atoms with Crippen molar-refractivity contribution < 1.29 is 27.4 Å². The Morgan fingerprint density at radius 3 is 2.30 bits per heavy atom. The largest absolute Gasteiger partial charge is 0.497 e. The zero-order chi connectivity index (χ0) is 26.0. The quantitative estimate of drug-likeness (QED) is 0.377. The van der Waals surface area contributed by atoms with Crippen LogP contribution >= 0.6 is 11.3 Å². The fourth-order valence-corrected chi connectivity index (χ4v) is 5.98. The van der Waals surface area contributed by atoms with Crippen LogP contribution in [0.25, 0.3) is 10.6 Å². The lowest BCUT2D eigenvalue weighted by Crippen LogP contribution is -2.48. The molecule has 1 atom stereocenters. The number of carbonyl (C=O) groups excluding carboxylic acids is 1. The molecule has 1 aliphatic rings. The third kappa shape index (κ3) is 4.93. The molecule has 5 rings (SSSR count). The summed E-state index contributed by atoms with van der Waals surface area (Å²) >= 11 is 1.19. The van der Waals surface area contributed by atoms with Crippen molar-refractivity contribution in [2.45, 2.75) is 11.0 Å². The van der Waals surface area contributed by atoms with Gasteiger partial charge in [0.25, 0.3) is 15.9 Å². The van der Waals surface area contributed by atoms with Gasteiger partial charge < -0.3 is 14.2 Å². The summed E-state index contributed by atoms with van der Waals surface area (Å²) in [5, 5.41) is 11.8. The van der Waals surface area contributed by atoms with Crippen LogP contribution in [0.2, 0.25) is 0 Å². The van der Waals surface area contributed by atoms with E-state index in [1.54, 1.807) is 55.6 Å². The molecular weight excluding hydrogens is 516 g/mol. The third-order valence-corrected chi connectivity index (χ3v) is 8.35. The number of amides is 1. The van der Waals surface area contributed by atoms with Crippen molar-refractivity contribution in [1.82, 2.24) is 10.2 Å². The molecule has 0 spiro atoms. The van der Waals surface area contributed by atoms with Gasteiger partial charge in [0, 0.05) is 5.56 Å². The van der Waals surface area contributed by atoms with Crippen molar-refractivity contribution in [1.29, 1.82) is 0 Å². The van der Waals surface area contributed by atoms with Crippen LogP contribution in [0.4, 0.5) is 10.8 Å². The second-order valence-electron chi connectivity index (χ2n) is 7.92. The number of sulfonamides is 1. The summed E-state index contributed by atoms with van der Waals surface area (Å²) in [7, 11) is -0.906. The molecule has 1 aromatic heterocycles. The Bertz CT molecular complexity index is 1520. The summed E-state index contributed by atoms with van der Waals surface area (Å²) in [5.41, 5.74) is 1.17. The standard InChI is InChI=1S/C25H22N4O6S2/c1-33-17-9-7-16(8-10-17)24-27-28-25(36-24)26-23(30)22-15-29(20-5-3-4-6-21(20)35-22)37(31,32)19-13-11-18(34-2)12-14-19/h3-14,22H,15H2,1-2H3,(H,26,28,30)/t22-/m1/s1. The van der Waals surface area contributed by atoms with Crippen molar-refractivity contribution in [3.8, 4) is 27.8 Å². The van der Waals surface area contributed by atoms with Crippen LogP contribution in [0.5, 0.6) is 17.2 Å². The SMILES string of the molecule is COc1ccc(-c2nnc(NC(=O)[C@H]3CN(S(=O)(=O)c4ccc(OC)cc4)c4ccccc4O3)s2)cc1. The Labute approximate surface area is 217 Å². The first-order valence-corrected chi connectivity index (χ1v) is 13.4. The average Bonchev–Trinajstić information content (AvgIpc) is 3.40. The highest BCUT2D eigenvalue weighted by Gasteiger charge is 2.37. The number of hydrogen-bond acceptors (Lipinski definition) is 9. The second-order valence-corrected chi connectivity index (χ2v) is 10.8. The number of nitrogens with one attached hydrogen (secondary N) is 1. The van der Waals surface area contributed by atoms with Crippen LogP contribution in [0.1, 0.15) is 0 Å². The van der Waals surface area contributed by atoms with E-state index in [9.17, 15) is 13.2 Å². The molecule has 37 heavy (non-hydrogen) atoms. The predicted molar refractivity (Wildman–Crippen MR) is 139 cm³/mol. The number of aromatic nitrogens is 2. The van der Waals surface area contributed by atoms with E-state index in [-0.39, 0.29) is 22.3 Å². The molecule has 3 aromatic carbocycles. The average molecular weight is 539 g/mol. The number of carbonyl (C=O) groups is 1. The lowest BCUT2D eigenvalue weighted by Gasteiger charge is -2.34. The Morgan fingerprint density at radius 1 is 0.973 bits per heavy atom. The number of methoxy groups -OCH3 is 2. The minimum atomic E-state index is -4.00. The van der Waals surface area contributed by atoms with Gasteiger partial charge in [0.1, 0.15) is 22.3 Å². The number of fused-ring (bicyclic) bond motifs is 1. The van der Waals surface area contributed by atoms with Gasteiger partial charge in [-0.25, -0.2) is 8.42 Å². The smallest absolute Gasteiger partial charge is 0.269 e. The summed E-state index contributed by atoms with van der Waals surface area (Å²) in [6.07, 6.45) is -1.11. The van der Waals surface area contributed by atoms with Gasteiger partial charge in [0.2, 0.25) is 5.13 Å². The molecule has 12 heteroatoms. The monoisotopic (exact) mass is 538 g/mol. The molecule has 0 saturated carbocycles. The lowest BCUT2D eigenvalue weighted by atomic mass is 10.2. The van der Waals surface area contributed by atoms with E-state index in [1.165, 1.54) is 34.9 Å². The predicted octanol–water partition coefficient (Wildman–Crippen LogP) is 3.82. The molecule has 0 bridgehead atoms. The van der Waals surface area contributed by atoms with E-state index in [0.717, 1.165) is 5.56 Å². The second kappa shape index (κ2) is 10.1. The van der Waals surface area contributed by atoms with E-state index in [2.05, 4.69) is 15.5 Å². The number of ether oxygens (including phenoxy) is 3. The van der Waals surface area contributed by atoms with Gasteiger partial charge in [-0.2, -0.15) is 0 Å². The van der Waals surface area contributed by atoms with Crippen molar-refractivity contribution >= 4 is 38.1 Å². The summed E-state index contributed by atoms with van der Waals surface area (Å²) in [5.74, 6) is 0.986. The number of hydrogen-bond donors (Lipinski definition) is 1. The number of anilines is 2. The molecule has 1 N–H and O–H groups in total. The van der Waals surface area contributed by atoms with Gasteiger partial charge in [-0.3, -0.25) is 14.4 Å². The highest BCUT2D eigenvalue weighted by molar-refractivity contribution is 7.92. The third-order valence-electron chi connectivity index (χ3n) is 5.67. The number of rotatable bonds is 7. The van der Waals surface area contributed by atoms with Crippen LogP contribution in [-0.2, 0) is 14.8 Å². The highest BCUT2D eigenvalue weighted by atomic mass is 32.2. The van der Waals surface area contributed by atoms with Gasteiger partial charge >= 0.3 is 0 Å². The van der Waals surface area contributed by atoms with E-state index < -0.39 is 22.0 Å². The van der Waals surface area contributed by atoms with Crippen molar-refractivity contribution in [2.24, 2.45) is 0 Å². The summed E-state index contributed by atoms with van der Waals surface area (Å²) < 4.78 is 44.5. The first kappa shape index (κ1) is 24.5. The molecule has 10 nitrogen and oxygen atoms in total. The highest BCUT2D eigenvalue weighted by Crippen LogP contribution is 2.37. The molecule has 1 aliphatic heterocycles. The van der Waals surface area contributed by atoms with Gasteiger partial charge in [0.05, 0.1) is 31.3 Å². The maximum Gasteiger partial charge on any atom is 0.269 e. The van der Waals surface area contributed by atoms with Gasteiger partial charge in [-0.15, -0.1) is 10.2 Å². The molecule has 0 fully saturated rings. The van der Waals surface area contributed by atoms with Crippen LogP contribution in [0, 0.1) is 0 Å². The minimum absolute atomic E-state index is 0.0671.